The van der Waals surface area contributed by atoms with Crippen LogP contribution in [0.1, 0.15) is 12.0 Å². The monoisotopic (exact) mass is 235 g/mol. The van der Waals surface area contributed by atoms with Crippen LogP contribution in [0.3, 0.4) is 0 Å². The van der Waals surface area contributed by atoms with Crippen LogP contribution in [-0.4, -0.2) is 37.5 Å². The normalized spacial score (nSPS) is 12.2. The molecule has 3 N–H and O–H groups in total. The van der Waals surface area contributed by atoms with Crippen LogP contribution in [0.2, 0.25) is 0 Å². The number of hydrogen-bond acceptors (Lipinski definition) is 3. The van der Waals surface area contributed by atoms with E-state index in [1.54, 1.807) is 19.0 Å². The Balaban J connectivity index is 2.40. The van der Waals surface area contributed by atoms with Crippen molar-refractivity contribution < 1.29 is 4.79 Å². The molecule has 0 spiro atoms. The Morgan fingerprint density at radius 3 is 2.53 bits per heavy atom. The molecule has 94 valence electrons. The molecule has 4 heteroatoms. The zero-order valence-electron chi connectivity index (χ0n) is 10.5. The zero-order chi connectivity index (χ0) is 12.7. The molecule has 0 fully saturated rings. The lowest BCUT2D eigenvalue weighted by atomic mass is 10.1. The number of carbonyl (C=O) groups is 1. The van der Waals surface area contributed by atoms with Gasteiger partial charge >= 0.3 is 0 Å². The van der Waals surface area contributed by atoms with Gasteiger partial charge in [-0.2, -0.15) is 0 Å². The van der Waals surface area contributed by atoms with E-state index in [1.807, 2.05) is 30.3 Å². The molecule has 1 aromatic carbocycles. The van der Waals surface area contributed by atoms with Crippen molar-refractivity contribution in [3.63, 3.8) is 0 Å². The minimum absolute atomic E-state index is 0.0325. The van der Waals surface area contributed by atoms with E-state index in [0.29, 0.717) is 13.0 Å². The van der Waals surface area contributed by atoms with Crippen LogP contribution in [-0.2, 0) is 11.3 Å². The first kappa shape index (κ1) is 13.7. The molecule has 0 radical (unpaired) electrons. The van der Waals surface area contributed by atoms with Crippen molar-refractivity contribution in [1.29, 1.82) is 0 Å². The van der Waals surface area contributed by atoms with Gasteiger partial charge in [-0.05, 0) is 5.56 Å². The second kappa shape index (κ2) is 7.04. The lowest BCUT2D eigenvalue weighted by Crippen LogP contribution is -2.40. The fourth-order valence-corrected chi connectivity index (χ4v) is 1.49. The van der Waals surface area contributed by atoms with Crippen LogP contribution in [0.25, 0.3) is 0 Å². The summed E-state index contributed by atoms with van der Waals surface area (Å²) in [6, 6.07) is 10.1. The summed E-state index contributed by atoms with van der Waals surface area (Å²) in [5, 5.41) is 3.30. The van der Waals surface area contributed by atoms with Crippen LogP contribution in [0.4, 0.5) is 0 Å². The summed E-state index contributed by atoms with van der Waals surface area (Å²) in [6.45, 7) is 1.20. The highest BCUT2D eigenvalue weighted by Crippen LogP contribution is 2.00. The van der Waals surface area contributed by atoms with Crippen molar-refractivity contribution in [2.45, 2.75) is 19.0 Å². The van der Waals surface area contributed by atoms with Crippen LogP contribution in [0.5, 0.6) is 0 Å². The van der Waals surface area contributed by atoms with Gasteiger partial charge in [-0.3, -0.25) is 4.79 Å². The van der Waals surface area contributed by atoms with Crippen LogP contribution >= 0.6 is 0 Å². The summed E-state index contributed by atoms with van der Waals surface area (Å²) >= 11 is 0. The van der Waals surface area contributed by atoms with E-state index >= 15 is 0 Å². The van der Waals surface area contributed by atoms with E-state index in [4.69, 9.17) is 5.73 Å². The van der Waals surface area contributed by atoms with Gasteiger partial charge < -0.3 is 16.0 Å². The second-order valence-corrected chi connectivity index (χ2v) is 4.29. The van der Waals surface area contributed by atoms with Gasteiger partial charge in [0.1, 0.15) is 0 Å². The molecule has 1 atom stereocenters. The molecule has 17 heavy (non-hydrogen) atoms. The molecule has 0 aliphatic rings. The quantitative estimate of drug-likeness (QED) is 0.758. The third-order valence-corrected chi connectivity index (χ3v) is 2.64. The summed E-state index contributed by atoms with van der Waals surface area (Å²) in [5.74, 6) is 0.0982. The number of nitrogens with zero attached hydrogens (tertiary/aromatic N) is 1. The van der Waals surface area contributed by atoms with E-state index in [2.05, 4.69) is 5.32 Å². The number of nitrogens with one attached hydrogen (secondary N) is 1. The smallest absolute Gasteiger partial charge is 0.223 e. The summed E-state index contributed by atoms with van der Waals surface area (Å²) in [5.41, 5.74) is 6.85. The number of carbonyl (C=O) groups excluding carboxylic acids is 1. The Labute approximate surface area is 103 Å². The maximum absolute atomic E-state index is 11.6. The van der Waals surface area contributed by atoms with Crippen molar-refractivity contribution in [2.24, 2.45) is 5.73 Å². The molecule has 0 saturated heterocycles. The lowest BCUT2D eigenvalue weighted by Gasteiger charge is -2.18. The summed E-state index contributed by atoms with van der Waals surface area (Å²) in [7, 11) is 3.51. The maximum atomic E-state index is 11.6. The van der Waals surface area contributed by atoms with E-state index < -0.39 is 0 Å². The molecular weight excluding hydrogens is 214 g/mol. The van der Waals surface area contributed by atoms with E-state index in [0.717, 1.165) is 6.54 Å². The standard InChI is InChI=1S/C13H21N3O/c1-16(2)13(17)8-12(9-14)15-10-11-6-4-3-5-7-11/h3-7,12,15H,8-10,14H2,1-2H3. The van der Waals surface area contributed by atoms with Crippen LogP contribution in [0.15, 0.2) is 30.3 Å². The molecular formula is C13H21N3O. The van der Waals surface area contributed by atoms with Crippen LogP contribution < -0.4 is 11.1 Å². The fraction of sp³-hybridized carbons (Fsp3) is 0.462. The molecule has 0 heterocycles. The average molecular weight is 235 g/mol. The van der Waals surface area contributed by atoms with Gasteiger partial charge in [-0.15, -0.1) is 0 Å². The molecule has 0 bridgehead atoms. The van der Waals surface area contributed by atoms with Crippen molar-refractivity contribution in [3.8, 4) is 0 Å². The molecule has 0 aliphatic heterocycles. The van der Waals surface area contributed by atoms with Gasteiger partial charge in [0.2, 0.25) is 5.91 Å². The number of hydrogen-bond donors (Lipinski definition) is 2. The number of rotatable bonds is 6. The fourth-order valence-electron chi connectivity index (χ4n) is 1.49. The number of nitrogens with two attached hydrogens (primary N) is 1. The van der Waals surface area contributed by atoms with Crippen molar-refractivity contribution in [1.82, 2.24) is 10.2 Å². The topological polar surface area (TPSA) is 58.4 Å². The molecule has 0 saturated carbocycles. The maximum Gasteiger partial charge on any atom is 0.223 e. The van der Waals surface area contributed by atoms with Crippen molar-refractivity contribution >= 4 is 5.91 Å². The highest BCUT2D eigenvalue weighted by molar-refractivity contribution is 5.76. The minimum Gasteiger partial charge on any atom is -0.349 e. The summed E-state index contributed by atoms with van der Waals surface area (Å²) < 4.78 is 0. The minimum atomic E-state index is 0.0325. The van der Waals surface area contributed by atoms with Crippen LogP contribution in [0, 0.1) is 0 Å². The molecule has 0 aromatic heterocycles. The highest BCUT2D eigenvalue weighted by atomic mass is 16.2. The Bertz CT molecular complexity index is 338. The summed E-state index contributed by atoms with van der Waals surface area (Å²) in [6.07, 6.45) is 0.441. The molecule has 1 aromatic rings. The Morgan fingerprint density at radius 1 is 1.35 bits per heavy atom. The van der Waals surface area contributed by atoms with Gasteiger partial charge in [-0.25, -0.2) is 0 Å². The first-order chi connectivity index (χ1) is 8.13. The molecule has 1 unspecified atom stereocenters. The first-order valence-electron chi connectivity index (χ1n) is 5.81. The number of amides is 1. The second-order valence-electron chi connectivity index (χ2n) is 4.29. The van der Waals surface area contributed by atoms with Gasteiger partial charge in [-0.1, -0.05) is 30.3 Å². The predicted octanol–water partition coefficient (Wildman–Crippen LogP) is 0.582. The van der Waals surface area contributed by atoms with E-state index in [-0.39, 0.29) is 11.9 Å². The van der Waals surface area contributed by atoms with Crippen molar-refractivity contribution in [2.75, 3.05) is 20.6 Å². The third-order valence-electron chi connectivity index (χ3n) is 2.64. The Hall–Kier alpha value is -1.39. The van der Waals surface area contributed by atoms with E-state index in [1.165, 1.54) is 5.56 Å². The van der Waals surface area contributed by atoms with Crippen molar-refractivity contribution in [3.05, 3.63) is 35.9 Å². The first-order valence-corrected chi connectivity index (χ1v) is 5.81. The van der Waals surface area contributed by atoms with Gasteiger partial charge in [0.25, 0.3) is 0 Å². The Morgan fingerprint density at radius 2 is 2.00 bits per heavy atom. The number of benzene rings is 1. The average Bonchev–Trinajstić information content (AvgIpc) is 2.35. The van der Waals surface area contributed by atoms with E-state index in [9.17, 15) is 4.79 Å². The summed E-state index contributed by atoms with van der Waals surface area (Å²) in [4.78, 5) is 13.1. The largest absolute Gasteiger partial charge is 0.349 e. The zero-order valence-corrected chi connectivity index (χ0v) is 10.5. The predicted molar refractivity (Wildman–Crippen MR) is 69.4 cm³/mol. The molecule has 0 aliphatic carbocycles. The molecule has 1 rings (SSSR count). The SMILES string of the molecule is CN(C)C(=O)CC(CN)NCc1ccccc1. The van der Waals surface area contributed by atoms with Gasteiger partial charge in [0.15, 0.2) is 0 Å². The molecule has 1 amide bonds. The highest BCUT2D eigenvalue weighted by Gasteiger charge is 2.12. The third kappa shape index (κ3) is 4.97. The molecule has 4 nitrogen and oxygen atoms in total. The van der Waals surface area contributed by atoms with Gasteiger partial charge in [0, 0.05) is 39.6 Å². The lowest BCUT2D eigenvalue weighted by molar-refractivity contribution is -0.129. The Kier molecular flexibility index (Phi) is 5.66. The van der Waals surface area contributed by atoms with Gasteiger partial charge in [0.05, 0.1) is 0 Å².